The molecule has 0 fully saturated rings. The highest BCUT2D eigenvalue weighted by Gasteiger charge is 2.31. The molecule has 5 heteroatoms. The lowest BCUT2D eigenvalue weighted by Gasteiger charge is -2.13. The van der Waals surface area contributed by atoms with E-state index >= 15 is 0 Å². The Labute approximate surface area is 129 Å². The number of hydrogen-bond donors (Lipinski definition) is 0. The van der Waals surface area contributed by atoms with Gasteiger partial charge in [0.1, 0.15) is 29.3 Å². The third-order valence-corrected chi connectivity index (χ3v) is 3.92. The average molecular weight is 352 g/mol. The summed E-state index contributed by atoms with van der Waals surface area (Å²) in [4.78, 5) is 4.36. The van der Waals surface area contributed by atoms with Crippen LogP contribution >= 0.6 is 15.9 Å². The van der Waals surface area contributed by atoms with E-state index in [0.29, 0.717) is 0 Å². The second kappa shape index (κ2) is 5.56. The summed E-state index contributed by atoms with van der Waals surface area (Å²) in [7, 11) is 0. The topological polar surface area (TPSA) is 21.6 Å². The van der Waals surface area contributed by atoms with Crippen LogP contribution in [0.5, 0.6) is 0 Å². The molecule has 1 heterocycles. The van der Waals surface area contributed by atoms with E-state index in [1.807, 2.05) is 31.2 Å². The predicted molar refractivity (Wildman–Crippen MR) is 80.3 cm³/mol. The zero-order valence-corrected chi connectivity index (χ0v) is 12.8. The van der Waals surface area contributed by atoms with Crippen molar-refractivity contribution in [1.29, 1.82) is 0 Å². The van der Waals surface area contributed by atoms with Gasteiger partial charge in [0.15, 0.2) is 0 Å². The predicted octanol–water partition coefficient (Wildman–Crippen LogP) is 4.63. The fourth-order valence-electron chi connectivity index (χ4n) is 2.33. The number of benzene rings is 2. The number of rotatable bonds is 2. The first kappa shape index (κ1) is 14.2. The summed E-state index contributed by atoms with van der Waals surface area (Å²) in [5.41, 5.74) is 0.737. The molecule has 2 atom stereocenters. The normalized spacial score (nSPS) is 21.0. The van der Waals surface area contributed by atoms with Crippen molar-refractivity contribution in [3.05, 3.63) is 69.7 Å². The van der Waals surface area contributed by atoms with E-state index in [1.54, 1.807) is 0 Å². The van der Waals surface area contributed by atoms with E-state index in [4.69, 9.17) is 4.74 Å². The maximum absolute atomic E-state index is 13.8. The molecule has 0 saturated carbocycles. The number of halogens is 3. The lowest BCUT2D eigenvalue weighted by molar-refractivity contribution is 0.213. The van der Waals surface area contributed by atoms with E-state index in [9.17, 15) is 8.78 Å². The van der Waals surface area contributed by atoms with Gasteiger partial charge >= 0.3 is 0 Å². The van der Waals surface area contributed by atoms with Gasteiger partial charge in [0.05, 0.1) is 0 Å². The number of ether oxygens (including phenoxy) is 1. The Morgan fingerprint density at radius 3 is 2.29 bits per heavy atom. The fraction of sp³-hybridized carbons (Fsp3) is 0.188. The van der Waals surface area contributed by atoms with Crippen molar-refractivity contribution in [3.8, 4) is 0 Å². The van der Waals surface area contributed by atoms with Gasteiger partial charge < -0.3 is 4.74 Å². The number of aliphatic imine (C=N–C) groups is 1. The van der Waals surface area contributed by atoms with Crippen molar-refractivity contribution in [3.63, 3.8) is 0 Å². The van der Waals surface area contributed by atoms with Gasteiger partial charge in [0.2, 0.25) is 5.90 Å². The molecule has 3 rings (SSSR count). The summed E-state index contributed by atoms with van der Waals surface area (Å²) < 4.78 is 34.1. The molecule has 0 bridgehead atoms. The minimum atomic E-state index is -0.669. The van der Waals surface area contributed by atoms with Gasteiger partial charge in [-0.15, -0.1) is 0 Å². The van der Waals surface area contributed by atoms with Gasteiger partial charge in [-0.05, 0) is 36.8 Å². The second-order valence-corrected chi connectivity index (χ2v) is 5.77. The van der Waals surface area contributed by atoms with E-state index < -0.39 is 11.6 Å². The molecule has 0 amide bonds. The van der Waals surface area contributed by atoms with Crippen LogP contribution in [0.4, 0.5) is 8.78 Å². The largest absolute Gasteiger partial charge is 0.472 e. The van der Waals surface area contributed by atoms with E-state index in [2.05, 4.69) is 20.9 Å². The molecule has 2 aromatic rings. The summed E-state index contributed by atoms with van der Waals surface area (Å²) in [6, 6.07) is 11.1. The third-order valence-electron chi connectivity index (χ3n) is 3.39. The maximum Gasteiger partial charge on any atom is 0.223 e. The maximum atomic E-state index is 13.8. The zero-order valence-electron chi connectivity index (χ0n) is 11.2. The van der Waals surface area contributed by atoms with E-state index in [1.165, 1.54) is 18.2 Å². The standard InChI is InChI=1S/C16H12BrF2NO/c1-9-15(10-5-7-11(17)8-6-10)20-16(21-9)14-12(18)3-2-4-13(14)19/h2-9,15H,1H3/t9-,15?/m1/s1. The molecule has 1 aliphatic heterocycles. The molecule has 21 heavy (non-hydrogen) atoms. The summed E-state index contributed by atoms with van der Waals surface area (Å²) in [6.45, 7) is 1.84. The van der Waals surface area contributed by atoms with Crippen LogP contribution in [0.3, 0.4) is 0 Å². The van der Waals surface area contributed by atoms with Crippen LogP contribution in [0.25, 0.3) is 0 Å². The first-order valence-electron chi connectivity index (χ1n) is 6.50. The van der Waals surface area contributed by atoms with Crippen molar-refractivity contribution in [2.75, 3.05) is 0 Å². The SMILES string of the molecule is C[C@H]1OC(c2c(F)cccc2F)=NC1c1ccc(Br)cc1. The minimum absolute atomic E-state index is 0.0195. The quantitative estimate of drug-likeness (QED) is 0.772. The Bertz CT molecular complexity index is 680. The first-order chi connectivity index (χ1) is 10.1. The summed E-state index contributed by atoms with van der Waals surface area (Å²) in [5.74, 6) is -1.32. The van der Waals surface area contributed by atoms with Crippen LogP contribution in [-0.2, 0) is 4.74 Å². The van der Waals surface area contributed by atoms with E-state index in [0.717, 1.165) is 10.0 Å². The zero-order chi connectivity index (χ0) is 15.0. The molecule has 1 aliphatic rings. The van der Waals surface area contributed by atoms with Gasteiger partial charge in [0, 0.05) is 4.47 Å². The van der Waals surface area contributed by atoms with E-state index in [-0.39, 0.29) is 23.6 Å². The number of hydrogen-bond acceptors (Lipinski definition) is 2. The van der Waals surface area contributed by atoms with Gasteiger partial charge in [0.25, 0.3) is 0 Å². The molecule has 0 spiro atoms. The Kier molecular flexibility index (Phi) is 3.76. The molecule has 2 nitrogen and oxygen atoms in total. The van der Waals surface area contributed by atoms with Crippen molar-refractivity contribution in [2.24, 2.45) is 4.99 Å². The average Bonchev–Trinajstić information content (AvgIpc) is 2.81. The van der Waals surface area contributed by atoms with Gasteiger partial charge in [-0.2, -0.15) is 0 Å². The van der Waals surface area contributed by atoms with Crippen LogP contribution in [0, 0.1) is 11.6 Å². The highest BCUT2D eigenvalue weighted by Crippen LogP contribution is 2.32. The third kappa shape index (κ3) is 2.70. The molecular weight excluding hydrogens is 340 g/mol. The molecule has 0 aromatic heterocycles. The highest BCUT2D eigenvalue weighted by atomic mass is 79.9. The monoisotopic (exact) mass is 351 g/mol. The van der Waals surface area contributed by atoms with Crippen molar-refractivity contribution in [2.45, 2.75) is 19.1 Å². The lowest BCUT2D eigenvalue weighted by Crippen LogP contribution is -2.14. The van der Waals surface area contributed by atoms with Gasteiger partial charge in [-0.3, -0.25) is 0 Å². The van der Waals surface area contributed by atoms with Crippen LogP contribution < -0.4 is 0 Å². The molecule has 0 N–H and O–H groups in total. The summed E-state index contributed by atoms with van der Waals surface area (Å²) in [6.07, 6.45) is -0.278. The highest BCUT2D eigenvalue weighted by molar-refractivity contribution is 9.10. The molecule has 0 radical (unpaired) electrons. The second-order valence-electron chi connectivity index (χ2n) is 4.85. The Balaban J connectivity index is 1.99. The van der Waals surface area contributed by atoms with Crippen molar-refractivity contribution < 1.29 is 13.5 Å². The van der Waals surface area contributed by atoms with Crippen LogP contribution in [0.2, 0.25) is 0 Å². The van der Waals surface area contributed by atoms with Crippen LogP contribution in [0.15, 0.2) is 51.9 Å². The molecule has 0 aliphatic carbocycles. The van der Waals surface area contributed by atoms with Crippen LogP contribution in [-0.4, -0.2) is 12.0 Å². The lowest BCUT2D eigenvalue weighted by atomic mass is 10.0. The van der Waals surface area contributed by atoms with Gasteiger partial charge in [-0.25, -0.2) is 13.8 Å². The first-order valence-corrected chi connectivity index (χ1v) is 7.30. The van der Waals surface area contributed by atoms with Crippen LogP contribution in [0.1, 0.15) is 24.1 Å². The summed E-state index contributed by atoms with van der Waals surface area (Å²) >= 11 is 3.37. The number of nitrogens with zero attached hydrogens (tertiary/aromatic N) is 1. The smallest absolute Gasteiger partial charge is 0.223 e. The molecule has 1 unspecified atom stereocenters. The fourth-order valence-corrected chi connectivity index (χ4v) is 2.60. The minimum Gasteiger partial charge on any atom is -0.472 e. The molecule has 2 aromatic carbocycles. The Morgan fingerprint density at radius 1 is 1.05 bits per heavy atom. The summed E-state index contributed by atoms with van der Waals surface area (Å²) in [5, 5.41) is 0. The van der Waals surface area contributed by atoms with Gasteiger partial charge in [-0.1, -0.05) is 34.1 Å². The van der Waals surface area contributed by atoms with Crippen molar-refractivity contribution in [1.82, 2.24) is 0 Å². The Hall–Kier alpha value is -1.75. The van der Waals surface area contributed by atoms with Crippen molar-refractivity contribution >= 4 is 21.8 Å². The Morgan fingerprint density at radius 2 is 1.67 bits per heavy atom. The molecule has 108 valence electrons. The molecule has 0 saturated heterocycles. The molecular formula is C16H12BrF2NO.